The lowest BCUT2D eigenvalue weighted by molar-refractivity contribution is -0.133. The summed E-state index contributed by atoms with van der Waals surface area (Å²) < 4.78 is 18.2. The van der Waals surface area contributed by atoms with Crippen LogP contribution >= 0.6 is 23.1 Å². The van der Waals surface area contributed by atoms with Crippen molar-refractivity contribution in [1.82, 2.24) is 9.88 Å². The molecule has 1 aromatic heterocycles. The van der Waals surface area contributed by atoms with Crippen LogP contribution in [0.2, 0.25) is 0 Å². The Kier molecular flexibility index (Phi) is 7.37. The lowest BCUT2D eigenvalue weighted by atomic mass is 10.2. The van der Waals surface area contributed by atoms with Crippen molar-refractivity contribution in [2.24, 2.45) is 0 Å². The summed E-state index contributed by atoms with van der Waals surface area (Å²) in [7, 11) is 1.61. The number of rotatable bonds is 8. The van der Waals surface area contributed by atoms with Crippen LogP contribution in [-0.2, 0) is 21.8 Å². The maximum Gasteiger partial charge on any atom is 0.339 e. The van der Waals surface area contributed by atoms with Gasteiger partial charge in [-0.3, -0.25) is 4.79 Å². The second kappa shape index (κ2) is 10.2. The summed E-state index contributed by atoms with van der Waals surface area (Å²) in [5, 5.41) is 1.96. The summed E-state index contributed by atoms with van der Waals surface area (Å²) in [6, 6.07) is 13.0. The number of ether oxygens (including phenoxy) is 1. The van der Waals surface area contributed by atoms with Crippen molar-refractivity contribution in [1.29, 1.82) is 0 Å². The molecule has 5 nitrogen and oxygen atoms in total. The number of nitrogens with zero attached hydrogens (tertiary/aromatic N) is 2. The maximum absolute atomic E-state index is 13.0. The Morgan fingerprint density at radius 1 is 1.17 bits per heavy atom. The van der Waals surface area contributed by atoms with E-state index in [9.17, 15) is 14.0 Å². The van der Waals surface area contributed by atoms with Crippen LogP contribution in [0.15, 0.2) is 64.3 Å². The molecule has 3 rings (SSSR count). The number of benzene rings is 2. The van der Waals surface area contributed by atoms with Gasteiger partial charge in [-0.25, -0.2) is 14.2 Å². The molecule has 2 aromatic carbocycles. The number of esters is 1. The molecule has 1 amide bonds. The van der Waals surface area contributed by atoms with Gasteiger partial charge in [-0.05, 0) is 29.8 Å². The Labute approximate surface area is 176 Å². The van der Waals surface area contributed by atoms with Gasteiger partial charge in [-0.1, -0.05) is 24.3 Å². The summed E-state index contributed by atoms with van der Waals surface area (Å²) in [4.78, 5) is 31.2. The van der Waals surface area contributed by atoms with E-state index in [-0.39, 0.29) is 18.3 Å². The molecule has 0 saturated carbocycles. The van der Waals surface area contributed by atoms with Crippen LogP contribution in [0.1, 0.15) is 21.6 Å². The van der Waals surface area contributed by atoms with Crippen LogP contribution in [0.5, 0.6) is 0 Å². The van der Waals surface area contributed by atoms with Gasteiger partial charge in [0, 0.05) is 29.6 Å². The predicted molar refractivity (Wildman–Crippen MR) is 111 cm³/mol. The minimum atomic E-state index is -0.546. The topological polar surface area (TPSA) is 59.5 Å². The monoisotopic (exact) mass is 430 g/mol. The lowest BCUT2D eigenvalue weighted by Crippen LogP contribution is -2.30. The van der Waals surface area contributed by atoms with E-state index in [1.165, 1.54) is 40.1 Å². The molecule has 3 aromatic rings. The third-order valence-corrected chi connectivity index (χ3v) is 5.79. The van der Waals surface area contributed by atoms with Gasteiger partial charge in [0.1, 0.15) is 5.82 Å². The number of thioether (sulfide) groups is 1. The van der Waals surface area contributed by atoms with Crippen molar-refractivity contribution >= 4 is 35.0 Å². The molecule has 0 fully saturated rings. The minimum absolute atomic E-state index is 0.302. The zero-order valence-electron chi connectivity index (χ0n) is 15.7. The maximum atomic E-state index is 13.0. The SMILES string of the molecule is CN(Cc1ccc(F)cc1)C(=O)COC(=O)c1ccccc1SCc1cscn1. The van der Waals surface area contributed by atoms with Crippen molar-refractivity contribution < 1.29 is 18.7 Å². The zero-order chi connectivity index (χ0) is 20.6. The lowest BCUT2D eigenvalue weighted by Gasteiger charge is -2.17. The average molecular weight is 431 g/mol. The molecule has 0 saturated heterocycles. The molecule has 0 aliphatic heterocycles. The van der Waals surface area contributed by atoms with Gasteiger partial charge in [-0.2, -0.15) is 0 Å². The van der Waals surface area contributed by atoms with E-state index in [2.05, 4.69) is 4.98 Å². The molecule has 150 valence electrons. The number of aromatic nitrogens is 1. The van der Waals surface area contributed by atoms with E-state index < -0.39 is 5.97 Å². The number of likely N-dealkylation sites (N-methyl/N-ethyl adjacent to an activating group) is 1. The van der Waals surface area contributed by atoms with Crippen molar-refractivity contribution in [3.8, 4) is 0 Å². The van der Waals surface area contributed by atoms with E-state index in [0.717, 1.165) is 16.2 Å². The second-order valence-corrected chi connectivity index (χ2v) is 7.95. The Morgan fingerprint density at radius 3 is 2.66 bits per heavy atom. The average Bonchev–Trinajstić information content (AvgIpc) is 3.25. The van der Waals surface area contributed by atoms with Crippen LogP contribution in [0.3, 0.4) is 0 Å². The van der Waals surface area contributed by atoms with Crippen molar-refractivity contribution in [3.63, 3.8) is 0 Å². The van der Waals surface area contributed by atoms with Crippen molar-refractivity contribution in [2.45, 2.75) is 17.2 Å². The fourth-order valence-corrected chi connectivity index (χ4v) is 4.10. The van der Waals surface area contributed by atoms with Gasteiger partial charge in [0.25, 0.3) is 5.91 Å². The van der Waals surface area contributed by atoms with E-state index >= 15 is 0 Å². The predicted octanol–water partition coefficient (Wildman–Crippen LogP) is 4.39. The molecule has 8 heteroatoms. The Morgan fingerprint density at radius 2 is 1.93 bits per heavy atom. The summed E-state index contributed by atoms with van der Waals surface area (Å²) in [6.45, 7) is -0.0572. The highest BCUT2D eigenvalue weighted by Crippen LogP contribution is 2.26. The fourth-order valence-electron chi connectivity index (χ4n) is 2.49. The van der Waals surface area contributed by atoms with Gasteiger partial charge in [0.2, 0.25) is 0 Å². The van der Waals surface area contributed by atoms with Gasteiger partial charge >= 0.3 is 5.97 Å². The van der Waals surface area contributed by atoms with E-state index in [1.54, 1.807) is 36.8 Å². The van der Waals surface area contributed by atoms with E-state index in [1.807, 2.05) is 17.5 Å². The van der Waals surface area contributed by atoms with Crippen LogP contribution in [0.4, 0.5) is 4.39 Å². The first-order valence-corrected chi connectivity index (χ1v) is 10.7. The first-order chi connectivity index (χ1) is 14.0. The Hall–Kier alpha value is -2.71. The van der Waals surface area contributed by atoms with Crippen LogP contribution in [0.25, 0.3) is 0 Å². The standard InChI is InChI=1S/C21H19FN2O3S2/c1-24(10-15-6-8-16(22)9-7-15)20(25)11-27-21(26)18-4-2-3-5-19(18)29-13-17-12-28-14-23-17/h2-9,12,14H,10-11,13H2,1H3. The zero-order valence-corrected chi connectivity index (χ0v) is 17.3. The second-order valence-electron chi connectivity index (χ2n) is 6.22. The third kappa shape index (κ3) is 6.13. The Balaban J connectivity index is 1.54. The van der Waals surface area contributed by atoms with Gasteiger partial charge in [0.05, 0.1) is 16.8 Å². The number of halogens is 1. The molecule has 0 bridgehead atoms. The number of amides is 1. The number of hydrogen-bond acceptors (Lipinski definition) is 6. The quantitative estimate of drug-likeness (QED) is 0.392. The molecule has 1 heterocycles. The van der Waals surface area contributed by atoms with Crippen molar-refractivity contribution in [2.75, 3.05) is 13.7 Å². The van der Waals surface area contributed by atoms with Crippen LogP contribution < -0.4 is 0 Å². The minimum Gasteiger partial charge on any atom is -0.452 e. The third-order valence-electron chi connectivity index (χ3n) is 4.05. The summed E-state index contributed by atoms with van der Waals surface area (Å²) >= 11 is 3.02. The highest BCUT2D eigenvalue weighted by molar-refractivity contribution is 7.98. The molecule has 0 spiro atoms. The number of hydrogen-bond donors (Lipinski definition) is 0. The first kappa shape index (κ1) is 21.0. The molecule has 0 radical (unpaired) electrons. The molecule has 0 aliphatic rings. The van der Waals surface area contributed by atoms with Crippen LogP contribution in [0, 0.1) is 5.82 Å². The normalized spacial score (nSPS) is 10.6. The summed E-state index contributed by atoms with van der Waals surface area (Å²) in [6.07, 6.45) is 0. The highest BCUT2D eigenvalue weighted by atomic mass is 32.2. The fraction of sp³-hybridized carbons (Fsp3) is 0.190. The van der Waals surface area contributed by atoms with Crippen molar-refractivity contribution in [3.05, 3.63) is 82.1 Å². The number of thiazole rings is 1. The molecular weight excluding hydrogens is 411 g/mol. The first-order valence-electron chi connectivity index (χ1n) is 8.77. The molecule has 0 unspecified atom stereocenters. The number of carbonyl (C=O) groups excluding carboxylic acids is 2. The number of carbonyl (C=O) groups is 2. The molecule has 0 atom stereocenters. The summed E-state index contributed by atoms with van der Waals surface area (Å²) in [5.41, 5.74) is 3.92. The van der Waals surface area contributed by atoms with E-state index in [4.69, 9.17) is 4.74 Å². The largest absolute Gasteiger partial charge is 0.452 e. The molecular formula is C21H19FN2O3S2. The van der Waals surface area contributed by atoms with E-state index in [0.29, 0.717) is 17.9 Å². The highest BCUT2D eigenvalue weighted by Gasteiger charge is 2.17. The molecule has 29 heavy (non-hydrogen) atoms. The molecule has 0 N–H and O–H groups in total. The van der Waals surface area contributed by atoms with Gasteiger partial charge in [-0.15, -0.1) is 23.1 Å². The van der Waals surface area contributed by atoms with Gasteiger partial charge in [0.15, 0.2) is 6.61 Å². The smallest absolute Gasteiger partial charge is 0.339 e. The van der Waals surface area contributed by atoms with Gasteiger partial charge < -0.3 is 9.64 Å². The molecule has 0 aliphatic carbocycles. The summed E-state index contributed by atoms with van der Waals surface area (Å²) in [5.74, 6) is -0.569. The van der Waals surface area contributed by atoms with Crippen LogP contribution in [-0.4, -0.2) is 35.4 Å². The Bertz CT molecular complexity index is 962.